The van der Waals surface area contributed by atoms with Gasteiger partial charge in [-0.2, -0.15) is 0 Å². The van der Waals surface area contributed by atoms with E-state index >= 15 is 0 Å². The molecule has 100 valence electrons. The summed E-state index contributed by atoms with van der Waals surface area (Å²) in [7, 11) is 0. The van der Waals surface area contributed by atoms with E-state index in [-0.39, 0.29) is 0 Å². The van der Waals surface area contributed by atoms with Crippen molar-refractivity contribution >= 4 is 31.7 Å². The predicted molar refractivity (Wildman–Crippen MR) is 95.5 cm³/mol. The Morgan fingerprint density at radius 1 is 0.789 bits per heavy atom. The lowest BCUT2D eigenvalue weighted by Crippen LogP contribution is -1.84. The van der Waals surface area contributed by atoms with Crippen LogP contribution in [0.4, 0.5) is 0 Å². The first kappa shape index (κ1) is 16.0. The highest BCUT2D eigenvalue weighted by molar-refractivity contribution is 14.1. The second-order valence-electron chi connectivity index (χ2n) is 4.17. The molecule has 0 aliphatic rings. The fourth-order valence-corrected chi connectivity index (χ4v) is 2.40. The van der Waals surface area contributed by atoms with Gasteiger partial charge in [0.25, 0.3) is 0 Å². The third-order valence-electron chi connectivity index (χ3n) is 2.84. The summed E-state index contributed by atoms with van der Waals surface area (Å²) in [5.41, 5.74) is 5.21. The molecular weight excluding hydrogens is 343 g/mol. The molecule has 2 aromatic rings. The molecule has 2 rings (SSSR count). The summed E-state index contributed by atoms with van der Waals surface area (Å²) in [6.07, 6.45) is 0. The molecule has 0 saturated heterocycles. The molecular formula is C18H21I. The lowest BCUT2D eigenvalue weighted by molar-refractivity contribution is 1.46. The second-order valence-corrected chi connectivity index (χ2v) is 5.25. The first-order valence-corrected chi connectivity index (χ1v) is 7.75. The van der Waals surface area contributed by atoms with Gasteiger partial charge in [0, 0.05) is 3.58 Å². The SMILES string of the molecule is C/C(=C(/I)c1ccc(C)cc1)c1ccccc1.CC. The van der Waals surface area contributed by atoms with Gasteiger partial charge in [0.1, 0.15) is 0 Å². The average Bonchev–Trinajstić information content (AvgIpc) is 2.49. The van der Waals surface area contributed by atoms with Crippen molar-refractivity contribution in [2.45, 2.75) is 27.7 Å². The molecule has 0 saturated carbocycles. The maximum absolute atomic E-state index is 2.43. The van der Waals surface area contributed by atoms with Crippen LogP contribution in [0.3, 0.4) is 0 Å². The number of halogens is 1. The standard InChI is InChI=1S/C16H15I.C2H6/c1-12-8-10-15(11-9-12)16(17)13(2)14-6-4-3-5-7-14;1-2/h3-11H,1-2H3;1-2H3/b16-13-;. The highest BCUT2D eigenvalue weighted by Gasteiger charge is 2.03. The third-order valence-corrected chi connectivity index (χ3v) is 4.27. The molecule has 0 fully saturated rings. The van der Waals surface area contributed by atoms with Crippen molar-refractivity contribution in [3.8, 4) is 0 Å². The third kappa shape index (κ3) is 4.50. The van der Waals surface area contributed by atoms with Gasteiger partial charge in [-0.3, -0.25) is 0 Å². The number of hydrogen-bond donors (Lipinski definition) is 0. The fraction of sp³-hybridized carbons (Fsp3) is 0.222. The van der Waals surface area contributed by atoms with E-state index in [4.69, 9.17) is 0 Å². The Morgan fingerprint density at radius 2 is 1.32 bits per heavy atom. The Kier molecular flexibility index (Phi) is 6.85. The molecule has 1 heteroatoms. The summed E-state index contributed by atoms with van der Waals surface area (Å²) in [5, 5.41) is 0. The van der Waals surface area contributed by atoms with E-state index in [1.807, 2.05) is 13.8 Å². The predicted octanol–water partition coefficient (Wildman–Crippen LogP) is 6.34. The molecule has 0 aliphatic carbocycles. The van der Waals surface area contributed by atoms with Crippen molar-refractivity contribution in [3.05, 3.63) is 71.3 Å². The van der Waals surface area contributed by atoms with Crippen molar-refractivity contribution in [2.75, 3.05) is 0 Å². The smallest absolute Gasteiger partial charge is 0.0237 e. The van der Waals surface area contributed by atoms with Crippen LogP contribution in [0.1, 0.15) is 37.5 Å². The molecule has 2 aromatic carbocycles. The van der Waals surface area contributed by atoms with Gasteiger partial charge in [0.05, 0.1) is 0 Å². The van der Waals surface area contributed by atoms with E-state index in [9.17, 15) is 0 Å². The van der Waals surface area contributed by atoms with Gasteiger partial charge in [0.15, 0.2) is 0 Å². The zero-order valence-electron chi connectivity index (χ0n) is 12.1. The summed E-state index contributed by atoms with van der Waals surface area (Å²) in [5.74, 6) is 0. The van der Waals surface area contributed by atoms with Crippen LogP contribution in [0.15, 0.2) is 54.6 Å². The van der Waals surface area contributed by atoms with Crippen LogP contribution in [-0.4, -0.2) is 0 Å². The minimum atomic E-state index is 1.29. The maximum Gasteiger partial charge on any atom is 0.0237 e. The average molecular weight is 364 g/mol. The minimum absolute atomic E-state index is 1.29. The van der Waals surface area contributed by atoms with Crippen LogP contribution < -0.4 is 0 Å². The normalized spacial score (nSPS) is 11.2. The summed E-state index contributed by atoms with van der Waals surface area (Å²) in [6.45, 7) is 8.29. The Bertz CT molecular complexity index is 521. The highest BCUT2D eigenvalue weighted by Crippen LogP contribution is 2.31. The van der Waals surface area contributed by atoms with Gasteiger partial charge >= 0.3 is 0 Å². The van der Waals surface area contributed by atoms with E-state index in [1.165, 1.54) is 25.8 Å². The fourth-order valence-electron chi connectivity index (χ4n) is 1.73. The van der Waals surface area contributed by atoms with Gasteiger partial charge in [-0.15, -0.1) is 0 Å². The summed E-state index contributed by atoms with van der Waals surface area (Å²) >= 11 is 2.43. The number of allylic oxidation sites excluding steroid dienone is 1. The molecule has 0 nitrogen and oxygen atoms in total. The van der Waals surface area contributed by atoms with Gasteiger partial charge in [-0.05, 0) is 53.1 Å². The van der Waals surface area contributed by atoms with E-state index in [1.54, 1.807) is 0 Å². The maximum atomic E-state index is 2.43. The first-order valence-electron chi connectivity index (χ1n) is 6.67. The lowest BCUT2D eigenvalue weighted by atomic mass is 10.0. The van der Waals surface area contributed by atoms with Gasteiger partial charge in [0.2, 0.25) is 0 Å². The molecule has 0 aromatic heterocycles. The van der Waals surface area contributed by atoms with Crippen molar-refractivity contribution in [2.24, 2.45) is 0 Å². The molecule has 0 atom stereocenters. The van der Waals surface area contributed by atoms with Crippen LogP contribution in [-0.2, 0) is 0 Å². The quantitative estimate of drug-likeness (QED) is 0.431. The van der Waals surface area contributed by atoms with Gasteiger partial charge < -0.3 is 0 Å². The van der Waals surface area contributed by atoms with Crippen LogP contribution in [0.25, 0.3) is 9.15 Å². The van der Waals surface area contributed by atoms with E-state index in [2.05, 4.69) is 91.0 Å². The van der Waals surface area contributed by atoms with Crippen molar-refractivity contribution < 1.29 is 0 Å². The Balaban J connectivity index is 0.000000861. The largest absolute Gasteiger partial charge is 0.0683 e. The number of aryl methyl sites for hydroxylation is 1. The van der Waals surface area contributed by atoms with Crippen molar-refractivity contribution in [1.29, 1.82) is 0 Å². The molecule has 0 N–H and O–H groups in total. The zero-order chi connectivity index (χ0) is 14.3. The lowest BCUT2D eigenvalue weighted by Gasteiger charge is -2.07. The zero-order valence-corrected chi connectivity index (χ0v) is 14.2. The topological polar surface area (TPSA) is 0 Å². The van der Waals surface area contributed by atoms with E-state index in [0.717, 1.165) is 0 Å². The Morgan fingerprint density at radius 3 is 1.84 bits per heavy atom. The van der Waals surface area contributed by atoms with Crippen molar-refractivity contribution in [3.63, 3.8) is 0 Å². The minimum Gasteiger partial charge on any atom is -0.0683 e. The van der Waals surface area contributed by atoms with Gasteiger partial charge in [-0.1, -0.05) is 74.0 Å². The molecule has 0 amide bonds. The molecule has 0 heterocycles. The number of benzene rings is 2. The van der Waals surface area contributed by atoms with Crippen LogP contribution in [0.2, 0.25) is 0 Å². The molecule has 0 bridgehead atoms. The molecule has 0 radical (unpaired) electrons. The van der Waals surface area contributed by atoms with E-state index in [0.29, 0.717) is 0 Å². The molecule has 0 unspecified atom stereocenters. The van der Waals surface area contributed by atoms with Crippen LogP contribution in [0.5, 0.6) is 0 Å². The van der Waals surface area contributed by atoms with Gasteiger partial charge in [-0.25, -0.2) is 0 Å². The highest BCUT2D eigenvalue weighted by atomic mass is 127. The molecule has 0 aliphatic heterocycles. The number of rotatable bonds is 2. The monoisotopic (exact) mass is 364 g/mol. The van der Waals surface area contributed by atoms with Crippen LogP contribution in [0, 0.1) is 6.92 Å². The van der Waals surface area contributed by atoms with Crippen molar-refractivity contribution in [1.82, 2.24) is 0 Å². The Hall–Kier alpha value is -1.09. The van der Waals surface area contributed by atoms with E-state index < -0.39 is 0 Å². The number of hydrogen-bond acceptors (Lipinski definition) is 0. The first-order chi connectivity index (χ1) is 9.18. The molecule has 19 heavy (non-hydrogen) atoms. The summed E-state index contributed by atoms with van der Waals surface area (Å²) in [6, 6.07) is 19.2. The molecule has 0 spiro atoms. The van der Waals surface area contributed by atoms with Crippen LogP contribution >= 0.6 is 22.6 Å². The Labute approximate surface area is 130 Å². The summed E-state index contributed by atoms with van der Waals surface area (Å²) in [4.78, 5) is 0. The summed E-state index contributed by atoms with van der Waals surface area (Å²) < 4.78 is 1.31. The second kappa shape index (κ2) is 8.16.